The Balaban J connectivity index is 1.75. The van der Waals surface area contributed by atoms with Crippen molar-refractivity contribution in [1.82, 2.24) is 0 Å². The van der Waals surface area contributed by atoms with E-state index < -0.39 is 0 Å². The van der Waals surface area contributed by atoms with E-state index >= 15 is 0 Å². The molecule has 0 saturated heterocycles. The predicted molar refractivity (Wildman–Crippen MR) is 115 cm³/mol. The van der Waals surface area contributed by atoms with Crippen molar-refractivity contribution in [1.29, 1.82) is 5.26 Å². The van der Waals surface area contributed by atoms with Gasteiger partial charge in [0.25, 0.3) is 5.91 Å². The average Bonchev–Trinajstić information content (AvgIpc) is 2.99. The number of hydrogen-bond acceptors (Lipinski definition) is 5. The molecule has 0 spiro atoms. The lowest BCUT2D eigenvalue weighted by Crippen LogP contribution is -2.12. The summed E-state index contributed by atoms with van der Waals surface area (Å²) < 4.78 is 11.2. The molecule has 1 N–H and O–H groups in total. The van der Waals surface area contributed by atoms with Crippen molar-refractivity contribution in [3.63, 3.8) is 0 Å². The van der Waals surface area contributed by atoms with Gasteiger partial charge in [-0.2, -0.15) is 5.26 Å². The number of amides is 1. The summed E-state index contributed by atoms with van der Waals surface area (Å²) in [5.74, 6) is 0.933. The highest BCUT2D eigenvalue weighted by Crippen LogP contribution is 2.32. The van der Waals surface area contributed by atoms with Gasteiger partial charge in [0.1, 0.15) is 29.2 Å². The molecule has 0 radical (unpaired) electrons. The van der Waals surface area contributed by atoms with Crippen LogP contribution in [-0.4, -0.2) is 13.0 Å². The Morgan fingerprint density at radius 2 is 1.93 bits per heavy atom. The number of rotatable bonds is 6. The summed E-state index contributed by atoms with van der Waals surface area (Å²) >= 11 is 7.27. The molecule has 0 aliphatic carbocycles. The minimum atomic E-state index is -0.300. The van der Waals surface area contributed by atoms with E-state index in [0.29, 0.717) is 32.6 Å². The van der Waals surface area contributed by atoms with Gasteiger partial charge in [0, 0.05) is 21.0 Å². The first kappa shape index (κ1) is 20.7. The molecule has 0 aliphatic rings. The van der Waals surface area contributed by atoms with Crippen LogP contribution in [0.15, 0.2) is 42.5 Å². The van der Waals surface area contributed by atoms with E-state index in [9.17, 15) is 10.1 Å². The van der Waals surface area contributed by atoms with Gasteiger partial charge >= 0.3 is 0 Å². The van der Waals surface area contributed by atoms with Crippen LogP contribution in [0.5, 0.6) is 11.5 Å². The first-order chi connectivity index (χ1) is 13.9. The van der Waals surface area contributed by atoms with Crippen LogP contribution in [0.3, 0.4) is 0 Å². The minimum absolute atomic E-state index is 0.286. The van der Waals surface area contributed by atoms with Crippen LogP contribution in [0.1, 0.15) is 31.9 Å². The molecule has 1 aromatic heterocycles. The fraction of sp³-hybridized carbons (Fsp3) is 0.182. The second-order valence-electron chi connectivity index (χ2n) is 6.32. The summed E-state index contributed by atoms with van der Waals surface area (Å²) in [5.41, 5.74) is 2.63. The minimum Gasteiger partial charge on any atom is -0.496 e. The summed E-state index contributed by atoms with van der Waals surface area (Å²) in [6.45, 7) is 4.09. The van der Waals surface area contributed by atoms with Gasteiger partial charge in [-0.05, 0) is 55.8 Å². The van der Waals surface area contributed by atoms with Gasteiger partial charge in [-0.3, -0.25) is 4.79 Å². The smallest absolute Gasteiger partial charge is 0.256 e. The molecule has 5 nitrogen and oxygen atoms in total. The number of nitriles is 1. The molecule has 0 bridgehead atoms. The van der Waals surface area contributed by atoms with Gasteiger partial charge in [-0.15, -0.1) is 11.3 Å². The molecule has 0 unspecified atom stereocenters. The second kappa shape index (κ2) is 8.99. The van der Waals surface area contributed by atoms with E-state index in [-0.39, 0.29) is 12.5 Å². The van der Waals surface area contributed by atoms with Crippen LogP contribution in [-0.2, 0) is 6.61 Å². The van der Waals surface area contributed by atoms with Gasteiger partial charge in [-0.25, -0.2) is 0 Å². The fourth-order valence-corrected chi connectivity index (χ4v) is 3.85. The zero-order chi connectivity index (χ0) is 21.0. The maximum atomic E-state index is 12.7. The third-order valence-electron chi connectivity index (χ3n) is 4.48. The fourth-order valence-electron chi connectivity index (χ4n) is 2.72. The lowest BCUT2D eigenvalue weighted by Gasteiger charge is -2.12. The van der Waals surface area contributed by atoms with Crippen LogP contribution in [0, 0.1) is 25.2 Å². The highest BCUT2D eigenvalue weighted by atomic mass is 35.5. The highest BCUT2D eigenvalue weighted by Gasteiger charge is 2.17. The number of hydrogen-bond donors (Lipinski definition) is 1. The average molecular weight is 427 g/mol. The molecule has 148 valence electrons. The Labute approximate surface area is 178 Å². The number of halogens is 1. The number of aryl methyl sites for hydroxylation is 1. The van der Waals surface area contributed by atoms with Crippen molar-refractivity contribution in [2.75, 3.05) is 12.4 Å². The molecule has 0 aliphatic heterocycles. The number of nitrogens with one attached hydrogen (secondary N) is 1. The monoisotopic (exact) mass is 426 g/mol. The van der Waals surface area contributed by atoms with Gasteiger partial charge in [-0.1, -0.05) is 17.7 Å². The third-order valence-corrected chi connectivity index (χ3v) is 5.86. The largest absolute Gasteiger partial charge is 0.496 e. The molecule has 0 atom stereocenters. The van der Waals surface area contributed by atoms with E-state index in [2.05, 4.69) is 11.4 Å². The van der Waals surface area contributed by atoms with Crippen molar-refractivity contribution >= 4 is 33.8 Å². The van der Waals surface area contributed by atoms with Gasteiger partial charge < -0.3 is 14.8 Å². The zero-order valence-corrected chi connectivity index (χ0v) is 17.8. The Morgan fingerprint density at radius 1 is 1.21 bits per heavy atom. The van der Waals surface area contributed by atoms with Crippen molar-refractivity contribution in [2.24, 2.45) is 0 Å². The number of carbonyl (C=O) groups is 1. The molecule has 3 aromatic rings. The molecule has 2 aromatic carbocycles. The lowest BCUT2D eigenvalue weighted by atomic mass is 10.1. The van der Waals surface area contributed by atoms with E-state index in [1.54, 1.807) is 49.6 Å². The molecule has 1 heterocycles. The van der Waals surface area contributed by atoms with Crippen LogP contribution in [0.25, 0.3) is 0 Å². The van der Waals surface area contributed by atoms with E-state index in [0.717, 1.165) is 16.0 Å². The van der Waals surface area contributed by atoms with Crippen LogP contribution >= 0.6 is 22.9 Å². The van der Waals surface area contributed by atoms with Gasteiger partial charge in [0.2, 0.25) is 0 Å². The number of carbonyl (C=O) groups excluding carboxylic acids is 1. The Bertz CT molecular complexity index is 1080. The topological polar surface area (TPSA) is 71.3 Å². The summed E-state index contributed by atoms with van der Waals surface area (Å²) in [7, 11) is 1.54. The molecule has 1 amide bonds. The Hall–Kier alpha value is -3.01. The Kier molecular flexibility index (Phi) is 6.42. The maximum absolute atomic E-state index is 12.7. The number of thiophene rings is 1. The molecule has 29 heavy (non-hydrogen) atoms. The van der Waals surface area contributed by atoms with Crippen molar-refractivity contribution in [2.45, 2.75) is 20.5 Å². The lowest BCUT2D eigenvalue weighted by molar-refractivity contribution is 0.102. The van der Waals surface area contributed by atoms with E-state index in [4.69, 9.17) is 21.1 Å². The molecule has 7 heteroatoms. The number of anilines is 1. The standard InChI is InChI=1S/C22H19ClN2O3S/c1-13-14(2)29-22(19(13)11-24)25-21(26)15-4-5-16(20(10-15)27-3)12-28-18-8-6-17(23)7-9-18/h4-10H,12H2,1-3H3,(H,25,26). The molecule has 0 saturated carbocycles. The van der Waals surface area contributed by atoms with Crippen molar-refractivity contribution in [3.05, 3.63) is 74.6 Å². The number of ether oxygens (including phenoxy) is 2. The first-order valence-corrected chi connectivity index (χ1v) is 9.99. The van der Waals surface area contributed by atoms with Crippen LogP contribution in [0.4, 0.5) is 5.00 Å². The molecular formula is C22H19ClN2O3S. The first-order valence-electron chi connectivity index (χ1n) is 8.79. The SMILES string of the molecule is COc1cc(C(=O)Nc2sc(C)c(C)c2C#N)ccc1COc1ccc(Cl)cc1. The van der Waals surface area contributed by atoms with Crippen molar-refractivity contribution < 1.29 is 14.3 Å². The molecule has 0 fully saturated rings. The summed E-state index contributed by atoms with van der Waals surface area (Å²) in [6, 6.07) is 14.4. The highest BCUT2D eigenvalue weighted by molar-refractivity contribution is 7.16. The number of methoxy groups -OCH3 is 1. The summed E-state index contributed by atoms with van der Waals surface area (Å²) in [5, 5.41) is 13.4. The van der Waals surface area contributed by atoms with E-state index in [1.807, 2.05) is 13.8 Å². The summed E-state index contributed by atoms with van der Waals surface area (Å²) in [6.07, 6.45) is 0. The van der Waals surface area contributed by atoms with E-state index in [1.165, 1.54) is 11.3 Å². The number of nitrogens with zero attached hydrogens (tertiary/aromatic N) is 1. The van der Waals surface area contributed by atoms with Crippen LogP contribution < -0.4 is 14.8 Å². The summed E-state index contributed by atoms with van der Waals surface area (Å²) in [4.78, 5) is 13.7. The maximum Gasteiger partial charge on any atom is 0.256 e. The normalized spacial score (nSPS) is 10.3. The third kappa shape index (κ3) is 4.70. The predicted octanol–water partition coefficient (Wildman–Crippen LogP) is 5.73. The van der Waals surface area contributed by atoms with Crippen LogP contribution in [0.2, 0.25) is 5.02 Å². The molecule has 3 rings (SSSR count). The molecular weight excluding hydrogens is 408 g/mol. The van der Waals surface area contributed by atoms with Gasteiger partial charge in [0.15, 0.2) is 0 Å². The Morgan fingerprint density at radius 3 is 2.59 bits per heavy atom. The quantitative estimate of drug-likeness (QED) is 0.546. The van der Waals surface area contributed by atoms with Crippen molar-refractivity contribution in [3.8, 4) is 17.6 Å². The van der Waals surface area contributed by atoms with Gasteiger partial charge in [0.05, 0.1) is 12.7 Å². The second-order valence-corrected chi connectivity index (χ2v) is 7.98. The zero-order valence-electron chi connectivity index (χ0n) is 16.2. The number of benzene rings is 2.